The van der Waals surface area contributed by atoms with Crippen LogP contribution in [0, 0.1) is 0 Å². The second kappa shape index (κ2) is 6.50. The van der Waals surface area contributed by atoms with E-state index in [4.69, 9.17) is 5.11 Å². The molecular formula is C16H19NO3. The minimum absolute atomic E-state index is 0.0461. The molecule has 0 amide bonds. The van der Waals surface area contributed by atoms with E-state index in [-0.39, 0.29) is 12.5 Å². The molecule has 2 atom stereocenters. The first kappa shape index (κ1) is 14.5. The Morgan fingerprint density at radius 2 is 1.90 bits per heavy atom. The second-order valence-electron chi connectivity index (χ2n) is 5.03. The van der Waals surface area contributed by atoms with Gasteiger partial charge in [-0.05, 0) is 29.3 Å². The van der Waals surface area contributed by atoms with Crippen LogP contribution in [0.5, 0.6) is 0 Å². The second-order valence-corrected chi connectivity index (χ2v) is 5.03. The maximum Gasteiger partial charge on any atom is 0.304 e. The summed E-state index contributed by atoms with van der Waals surface area (Å²) in [5, 5.41) is 24.1. The predicted octanol–water partition coefficient (Wildman–Crippen LogP) is 2.33. The van der Waals surface area contributed by atoms with Gasteiger partial charge in [0, 0.05) is 12.6 Å². The molecule has 2 aromatic rings. The monoisotopic (exact) mass is 273 g/mol. The molecule has 3 N–H and O–H groups in total. The number of carboxylic acid groups (broad SMARTS) is 1. The number of rotatable bonds is 6. The molecule has 2 rings (SSSR count). The third-order valence-corrected chi connectivity index (χ3v) is 3.30. The van der Waals surface area contributed by atoms with Gasteiger partial charge < -0.3 is 15.5 Å². The highest BCUT2D eigenvalue weighted by Crippen LogP contribution is 2.20. The third kappa shape index (κ3) is 3.79. The van der Waals surface area contributed by atoms with Crippen molar-refractivity contribution in [1.29, 1.82) is 0 Å². The van der Waals surface area contributed by atoms with Gasteiger partial charge in [-0.1, -0.05) is 36.4 Å². The fourth-order valence-corrected chi connectivity index (χ4v) is 2.18. The van der Waals surface area contributed by atoms with Crippen molar-refractivity contribution in [1.82, 2.24) is 5.32 Å². The largest absolute Gasteiger partial charge is 0.481 e. The van der Waals surface area contributed by atoms with E-state index in [1.54, 1.807) is 6.92 Å². The smallest absolute Gasteiger partial charge is 0.304 e. The molecule has 0 heterocycles. The zero-order chi connectivity index (χ0) is 14.5. The maximum atomic E-state index is 10.6. The molecule has 0 bridgehead atoms. The van der Waals surface area contributed by atoms with E-state index in [9.17, 15) is 9.90 Å². The fourth-order valence-electron chi connectivity index (χ4n) is 2.18. The Hall–Kier alpha value is -1.91. The molecule has 106 valence electrons. The van der Waals surface area contributed by atoms with Crippen molar-refractivity contribution in [3.8, 4) is 0 Å². The van der Waals surface area contributed by atoms with Gasteiger partial charge in [-0.3, -0.25) is 4.79 Å². The molecule has 4 nitrogen and oxygen atoms in total. The Balaban J connectivity index is 2.00. The molecule has 0 aliphatic carbocycles. The minimum atomic E-state index is -0.842. The van der Waals surface area contributed by atoms with Crippen LogP contribution in [0.3, 0.4) is 0 Å². The van der Waals surface area contributed by atoms with Crippen LogP contribution in [0.15, 0.2) is 42.5 Å². The molecule has 0 aliphatic heterocycles. The number of aliphatic hydroxyl groups excluding tert-OH is 1. The van der Waals surface area contributed by atoms with E-state index in [0.717, 1.165) is 16.3 Å². The summed E-state index contributed by atoms with van der Waals surface area (Å²) in [5.41, 5.74) is 0.832. The summed E-state index contributed by atoms with van der Waals surface area (Å²) in [7, 11) is 0. The summed E-state index contributed by atoms with van der Waals surface area (Å²) in [4.78, 5) is 10.6. The van der Waals surface area contributed by atoms with Gasteiger partial charge in [-0.2, -0.15) is 0 Å². The SMILES string of the molecule is C[C@H](CC(=O)O)NC[C@H](O)c1ccc2ccccc2c1. The van der Waals surface area contributed by atoms with Gasteiger partial charge in [0.15, 0.2) is 0 Å². The summed E-state index contributed by atoms with van der Waals surface area (Å²) in [6.45, 7) is 2.13. The molecule has 0 fully saturated rings. The van der Waals surface area contributed by atoms with Crippen molar-refractivity contribution in [2.75, 3.05) is 6.54 Å². The highest BCUT2D eigenvalue weighted by molar-refractivity contribution is 5.83. The minimum Gasteiger partial charge on any atom is -0.481 e. The first-order chi connectivity index (χ1) is 9.56. The molecule has 0 saturated heterocycles. The van der Waals surface area contributed by atoms with Crippen molar-refractivity contribution in [2.45, 2.75) is 25.5 Å². The van der Waals surface area contributed by atoms with Crippen LogP contribution in [0.2, 0.25) is 0 Å². The maximum absolute atomic E-state index is 10.6. The van der Waals surface area contributed by atoms with Gasteiger partial charge in [-0.25, -0.2) is 0 Å². The lowest BCUT2D eigenvalue weighted by Gasteiger charge is -2.16. The quantitative estimate of drug-likeness (QED) is 0.755. The molecule has 4 heteroatoms. The number of carboxylic acids is 1. The van der Waals surface area contributed by atoms with Gasteiger partial charge in [0.1, 0.15) is 0 Å². The number of nitrogens with one attached hydrogen (secondary N) is 1. The fraction of sp³-hybridized carbons (Fsp3) is 0.312. The molecule has 20 heavy (non-hydrogen) atoms. The summed E-state index contributed by atoms with van der Waals surface area (Å²) < 4.78 is 0. The molecule has 2 aromatic carbocycles. The number of fused-ring (bicyclic) bond motifs is 1. The number of hydrogen-bond acceptors (Lipinski definition) is 3. The zero-order valence-electron chi connectivity index (χ0n) is 11.4. The third-order valence-electron chi connectivity index (χ3n) is 3.30. The first-order valence-electron chi connectivity index (χ1n) is 6.68. The van der Waals surface area contributed by atoms with Gasteiger partial charge >= 0.3 is 5.97 Å². The van der Waals surface area contributed by atoms with E-state index in [0.29, 0.717) is 6.54 Å². The number of aliphatic hydroxyl groups is 1. The topological polar surface area (TPSA) is 69.6 Å². The Morgan fingerprint density at radius 1 is 1.20 bits per heavy atom. The Morgan fingerprint density at radius 3 is 2.60 bits per heavy atom. The van der Waals surface area contributed by atoms with Crippen molar-refractivity contribution in [3.05, 3.63) is 48.0 Å². The first-order valence-corrected chi connectivity index (χ1v) is 6.68. The van der Waals surface area contributed by atoms with E-state index in [2.05, 4.69) is 5.32 Å². The van der Waals surface area contributed by atoms with Gasteiger partial charge in [0.2, 0.25) is 0 Å². The molecule has 0 aliphatic rings. The summed E-state index contributed by atoms with van der Waals surface area (Å²) in [5.74, 6) is -0.842. The Labute approximate surface area is 118 Å². The Bertz CT molecular complexity index is 597. The van der Waals surface area contributed by atoms with Crippen molar-refractivity contribution >= 4 is 16.7 Å². The number of hydrogen-bond donors (Lipinski definition) is 3. The van der Waals surface area contributed by atoms with Crippen LogP contribution in [0.4, 0.5) is 0 Å². The van der Waals surface area contributed by atoms with Crippen LogP contribution in [-0.2, 0) is 4.79 Å². The summed E-state index contributed by atoms with van der Waals surface area (Å²) in [6, 6.07) is 13.7. The van der Waals surface area contributed by atoms with Crippen LogP contribution in [0.25, 0.3) is 10.8 Å². The lowest BCUT2D eigenvalue weighted by Crippen LogP contribution is -2.32. The molecule has 0 unspecified atom stereocenters. The molecule has 0 radical (unpaired) electrons. The van der Waals surface area contributed by atoms with Crippen molar-refractivity contribution < 1.29 is 15.0 Å². The lowest BCUT2D eigenvalue weighted by atomic mass is 10.0. The van der Waals surface area contributed by atoms with E-state index < -0.39 is 12.1 Å². The van der Waals surface area contributed by atoms with Crippen LogP contribution in [-0.4, -0.2) is 28.8 Å². The highest BCUT2D eigenvalue weighted by atomic mass is 16.4. The highest BCUT2D eigenvalue weighted by Gasteiger charge is 2.11. The summed E-state index contributed by atoms with van der Waals surface area (Å²) in [6.07, 6.45) is -0.597. The number of aliphatic carboxylic acids is 1. The van der Waals surface area contributed by atoms with Crippen molar-refractivity contribution in [2.24, 2.45) is 0 Å². The van der Waals surface area contributed by atoms with Gasteiger partial charge in [0.25, 0.3) is 0 Å². The molecule has 0 spiro atoms. The van der Waals surface area contributed by atoms with Crippen LogP contribution < -0.4 is 5.32 Å². The summed E-state index contributed by atoms with van der Waals surface area (Å²) >= 11 is 0. The average molecular weight is 273 g/mol. The van der Waals surface area contributed by atoms with E-state index in [1.807, 2.05) is 42.5 Å². The average Bonchev–Trinajstić information content (AvgIpc) is 2.43. The van der Waals surface area contributed by atoms with Gasteiger partial charge in [0.05, 0.1) is 12.5 Å². The number of carbonyl (C=O) groups is 1. The van der Waals surface area contributed by atoms with Crippen LogP contribution in [0.1, 0.15) is 25.0 Å². The van der Waals surface area contributed by atoms with Gasteiger partial charge in [-0.15, -0.1) is 0 Å². The predicted molar refractivity (Wildman–Crippen MR) is 78.6 cm³/mol. The zero-order valence-corrected chi connectivity index (χ0v) is 11.4. The van der Waals surface area contributed by atoms with E-state index >= 15 is 0 Å². The Kier molecular flexibility index (Phi) is 4.71. The molecular weight excluding hydrogens is 254 g/mol. The standard InChI is InChI=1S/C16H19NO3/c1-11(8-16(19)20)17-10-15(18)14-7-6-12-4-2-3-5-13(12)9-14/h2-7,9,11,15,17-18H,8,10H2,1H3,(H,19,20)/t11-,15+/m1/s1. The van der Waals surface area contributed by atoms with Crippen molar-refractivity contribution in [3.63, 3.8) is 0 Å². The lowest BCUT2D eigenvalue weighted by molar-refractivity contribution is -0.137. The number of benzene rings is 2. The van der Waals surface area contributed by atoms with Crippen LogP contribution >= 0.6 is 0 Å². The van der Waals surface area contributed by atoms with E-state index in [1.165, 1.54) is 0 Å². The molecule has 0 saturated carbocycles. The molecule has 0 aromatic heterocycles. The normalized spacial score (nSPS) is 14.1.